The molecule has 1 saturated heterocycles. The molecule has 3 aromatic carbocycles. The van der Waals surface area contributed by atoms with Crippen molar-refractivity contribution in [3.63, 3.8) is 0 Å². The first-order valence-electron chi connectivity index (χ1n) is 12.0. The number of amides is 2. The van der Waals surface area contributed by atoms with Crippen molar-refractivity contribution in [1.29, 1.82) is 0 Å². The second kappa shape index (κ2) is 8.71. The van der Waals surface area contributed by atoms with Crippen LogP contribution in [0.25, 0.3) is 22.2 Å². The Balaban J connectivity index is 1.51. The van der Waals surface area contributed by atoms with E-state index in [0.717, 1.165) is 33.3 Å². The molecule has 2 aliphatic rings. The van der Waals surface area contributed by atoms with Gasteiger partial charge in [0.05, 0.1) is 24.9 Å². The molecule has 0 aliphatic carbocycles. The minimum atomic E-state index is -0.365. The lowest BCUT2D eigenvalue weighted by atomic mass is 9.93. The molecule has 2 aliphatic heterocycles. The Hall–Kier alpha value is -3.90. The number of nitrogens with zero attached hydrogens (tertiary/aromatic N) is 2. The van der Waals surface area contributed by atoms with E-state index in [4.69, 9.17) is 4.74 Å². The van der Waals surface area contributed by atoms with Gasteiger partial charge in [0.1, 0.15) is 6.54 Å². The second-order valence-electron chi connectivity index (χ2n) is 9.24. The molecular weight excluding hydrogens is 438 g/mol. The van der Waals surface area contributed by atoms with Crippen LogP contribution in [0.15, 0.2) is 72.8 Å². The van der Waals surface area contributed by atoms with Gasteiger partial charge in [0, 0.05) is 35.1 Å². The summed E-state index contributed by atoms with van der Waals surface area (Å²) in [5, 5.41) is 1.06. The van der Waals surface area contributed by atoms with Crippen molar-refractivity contribution in [3.05, 3.63) is 95.1 Å². The number of ether oxygens (including phenoxy) is 1. The van der Waals surface area contributed by atoms with Crippen LogP contribution < -0.4 is 0 Å². The molecule has 1 N–H and O–H groups in total. The van der Waals surface area contributed by atoms with Gasteiger partial charge in [-0.05, 0) is 30.2 Å². The van der Waals surface area contributed by atoms with Crippen LogP contribution in [0.2, 0.25) is 0 Å². The summed E-state index contributed by atoms with van der Waals surface area (Å²) in [7, 11) is 0. The average Bonchev–Trinajstić information content (AvgIpc) is 3.40. The predicted molar refractivity (Wildman–Crippen MR) is 135 cm³/mol. The fraction of sp³-hybridized carbons (Fsp3) is 0.241. The van der Waals surface area contributed by atoms with Crippen molar-refractivity contribution in [2.24, 2.45) is 0 Å². The molecule has 6 nitrogen and oxygen atoms in total. The van der Waals surface area contributed by atoms with Gasteiger partial charge >= 0.3 is 0 Å². The number of nitrogens with one attached hydrogen (secondary N) is 1. The first kappa shape index (κ1) is 21.6. The van der Waals surface area contributed by atoms with Gasteiger partial charge in [0.25, 0.3) is 5.91 Å². The lowest BCUT2D eigenvalue weighted by Gasteiger charge is -2.31. The third-order valence-corrected chi connectivity index (χ3v) is 7.09. The summed E-state index contributed by atoms with van der Waals surface area (Å²) < 4.78 is 5.41. The van der Waals surface area contributed by atoms with Crippen LogP contribution in [-0.4, -0.2) is 59.4 Å². The minimum absolute atomic E-state index is 0.0328. The molecule has 0 spiro atoms. The topological polar surface area (TPSA) is 65.6 Å². The fourth-order valence-electron chi connectivity index (χ4n) is 5.30. The third-order valence-electron chi connectivity index (χ3n) is 7.09. The largest absolute Gasteiger partial charge is 0.378 e. The summed E-state index contributed by atoms with van der Waals surface area (Å²) in [6, 6.07) is 23.9. The Morgan fingerprint density at radius 3 is 2.49 bits per heavy atom. The molecule has 1 atom stereocenters. The van der Waals surface area contributed by atoms with E-state index >= 15 is 0 Å². The number of aryl methyl sites for hydroxylation is 1. The maximum absolute atomic E-state index is 13.7. The van der Waals surface area contributed by atoms with Crippen LogP contribution in [0.3, 0.4) is 0 Å². The van der Waals surface area contributed by atoms with Crippen molar-refractivity contribution in [3.8, 4) is 11.3 Å². The highest BCUT2D eigenvalue weighted by Gasteiger charge is 2.41. The second-order valence-corrected chi connectivity index (χ2v) is 9.24. The van der Waals surface area contributed by atoms with E-state index in [9.17, 15) is 9.59 Å². The number of aromatic amines is 1. The van der Waals surface area contributed by atoms with Gasteiger partial charge in [-0.15, -0.1) is 0 Å². The van der Waals surface area contributed by atoms with E-state index in [-0.39, 0.29) is 24.4 Å². The predicted octanol–water partition coefficient (Wildman–Crippen LogP) is 4.55. The molecule has 2 amide bonds. The third kappa shape index (κ3) is 3.70. The van der Waals surface area contributed by atoms with Crippen molar-refractivity contribution >= 4 is 22.7 Å². The number of carbonyl (C=O) groups excluding carboxylic acids is 2. The SMILES string of the molecule is Cc1ccc(-c2[nH]c3ccccc3c2C2c3ccccc3C(=O)N2CC(=O)N2CCOCC2)cc1. The molecule has 1 fully saturated rings. The minimum Gasteiger partial charge on any atom is -0.378 e. The number of aromatic nitrogens is 1. The Morgan fingerprint density at radius 1 is 0.971 bits per heavy atom. The van der Waals surface area contributed by atoms with Gasteiger partial charge < -0.3 is 19.5 Å². The van der Waals surface area contributed by atoms with E-state index < -0.39 is 0 Å². The molecule has 35 heavy (non-hydrogen) atoms. The molecule has 6 heteroatoms. The van der Waals surface area contributed by atoms with Crippen molar-refractivity contribution in [1.82, 2.24) is 14.8 Å². The quantitative estimate of drug-likeness (QED) is 0.481. The van der Waals surface area contributed by atoms with Crippen LogP contribution in [0, 0.1) is 6.92 Å². The first-order valence-corrected chi connectivity index (χ1v) is 12.0. The molecule has 0 bridgehead atoms. The van der Waals surface area contributed by atoms with Crippen LogP contribution in [0.4, 0.5) is 0 Å². The molecule has 3 heterocycles. The van der Waals surface area contributed by atoms with Crippen molar-refractivity contribution in [2.45, 2.75) is 13.0 Å². The van der Waals surface area contributed by atoms with Crippen LogP contribution in [0.1, 0.15) is 33.1 Å². The summed E-state index contributed by atoms with van der Waals surface area (Å²) in [5.41, 5.74) is 6.85. The number of morpholine rings is 1. The standard InChI is InChI=1S/C29H27N3O3/c1-19-10-12-20(13-11-19)27-26(23-8-4-5-9-24(23)30-27)28-21-6-2-3-7-22(21)29(34)32(28)18-25(33)31-14-16-35-17-15-31/h2-13,28,30H,14-18H2,1H3. The normalized spacial score (nSPS) is 17.7. The Labute approximate surface area is 204 Å². The summed E-state index contributed by atoms with van der Waals surface area (Å²) in [4.78, 5) is 34.1. The number of rotatable bonds is 4. The lowest BCUT2D eigenvalue weighted by molar-refractivity contribution is -0.136. The summed E-state index contributed by atoms with van der Waals surface area (Å²) in [6.07, 6.45) is 0. The van der Waals surface area contributed by atoms with Crippen LogP contribution in [-0.2, 0) is 9.53 Å². The van der Waals surface area contributed by atoms with Crippen LogP contribution in [0.5, 0.6) is 0 Å². The van der Waals surface area contributed by atoms with Gasteiger partial charge in [-0.1, -0.05) is 66.2 Å². The van der Waals surface area contributed by atoms with E-state index in [2.05, 4.69) is 48.3 Å². The van der Waals surface area contributed by atoms with Crippen molar-refractivity contribution < 1.29 is 14.3 Å². The number of H-pyrrole nitrogens is 1. The molecular formula is C29H27N3O3. The van der Waals surface area contributed by atoms with Gasteiger partial charge in [-0.25, -0.2) is 0 Å². The molecule has 4 aromatic rings. The monoisotopic (exact) mass is 465 g/mol. The molecule has 6 rings (SSSR count). The number of hydrogen-bond acceptors (Lipinski definition) is 3. The Morgan fingerprint density at radius 2 is 1.69 bits per heavy atom. The first-order chi connectivity index (χ1) is 17.1. The van der Waals surface area contributed by atoms with Crippen molar-refractivity contribution in [2.75, 3.05) is 32.8 Å². The summed E-state index contributed by atoms with van der Waals surface area (Å²) >= 11 is 0. The molecule has 1 unspecified atom stereocenters. The Bertz CT molecular complexity index is 1420. The van der Waals surface area contributed by atoms with E-state index in [0.29, 0.717) is 31.9 Å². The Kier molecular flexibility index (Phi) is 5.38. The van der Waals surface area contributed by atoms with E-state index in [1.807, 2.05) is 36.4 Å². The number of benzene rings is 3. The fourth-order valence-corrected chi connectivity index (χ4v) is 5.30. The molecule has 0 radical (unpaired) electrons. The van der Waals surface area contributed by atoms with Gasteiger partial charge in [-0.2, -0.15) is 0 Å². The van der Waals surface area contributed by atoms with Gasteiger partial charge in [0.2, 0.25) is 5.91 Å². The highest BCUT2D eigenvalue weighted by Crippen LogP contribution is 2.45. The average molecular weight is 466 g/mol. The zero-order chi connectivity index (χ0) is 23.9. The van der Waals surface area contributed by atoms with Gasteiger partial charge in [-0.3, -0.25) is 9.59 Å². The summed E-state index contributed by atoms with van der Waals surface area (Å²) in [5.74, 6) is -0.150. The smallest absolute Gasteiger partial charge is 0.255 e. The number of fused-ring (bicyclic) bond motifs is 2. The number of hydrogen-bond donors (Lipinski definition) is 1. The lowest BCUT2D eigenvalue weighted by Crippen LogP contribution is -2.46. The van der Waals surface area contributed by atoms with E-state index in [1.54, 1.807) is 9.80 Å². The highest BCUT2D eigenvalue weighted by atomic mass is 16.5. The van der Waals surface area contributed by atoms with Gasteiger partial charge in [0.15, 0.2) is 0 Å². The zero-order valence-electron chi connectivity index (χ0n) is 19.7. The molecule has 0 saturated carbocycles. The number of carbonyl (C=O) groups is 2. The zero-order valence-corrected chi connectivity index (χ0v) is 19.7. The number of para-hydroxylation sites is 1. The van der Waals surface area contributed by atoms with E-state index in [1.165, 1.54) is 5.56 Å². The summed E-state index contributed by atoms with van der Waals surface area (Å²) in [6.45, 7) is 4.28. The van der Waals surface area contributed by atoms with Crippen LogP contribution >= 0.6 is 0 Å². The molecule has 1 aromatic heterocycles. The molecule has 176 valence electrons. The maximum atomic E-state index is 13.7. The highest BCUT2D eigenvalue weighted by molar-refractivity contribution is 6.03. The maximum Gasteiger partial charge on any atom is 0.255 e.